The second-order valence-electron chi connectivity index (χ2n) is 6.75. The van der Waals surface area contributed by atoms with Crippen molar-refractivity contribution in [1.82, 2.24) is 9.88 Å². The predicted octanol–water partition coefficient (Wildman–Crippen LogP) is 5.03. The lowest BCUT2D eigenvalue weighted by Crippen LogP contribution is -2.28. The average molecular weight is 347 g/mol. The maximum Gasteiger partial charge on any atom is 0.319 e. The van der Waals surface area contributed by atoms with Crippen LogP contribution in [0.4, 0.5) is 10.5 Å². The largest absolute Gasteiger partial charge is 0.334 e. The van der Waals surface area contributed by atoms with Crippen molar-refractivity contribution >= 4 is 11.7 Å². The van der Waals surface area contributed by atoms with E-state index in [1.54, 1.807) is 0 Å². The first-order chi connectivity index (χ1) is 12.4. The molecule has 134 valence electrons. The van der Waals surface area contributed by atoms with Gasteiger partial charge in [0.05, 0.1) is 0 Å². The monoisotopic (exact) mass is 347 g/mol. The number of hydrogen-bond donors (Lipinski definition) is 2. The van der Waals surface area contributed by atoms with Gasteiger partial charge < -0.3 is 15.2 Å². The van der Waals surface area contributed by atoms with Crippen LogP contribution in [0.3, 0.4) is 0 Å². The van der Waals surface area contributed by atoms with Gasteiger partial charge in [-0.15, -0.1) is 0 Å². The number of urea groups is 1. The Labute approximate surface area is 154 Å². The van der Waals surface area contributed by atoms with Crippen molar-refractivity contribution in [2.45, 2.75) is 34.2 Å². The van der Waals surface area contributed by atoms with E-state index in [0.717, 1.165) is 39.5 Å². The molecule has 2 aromatic carbocycles. The third-order valence-corrected chi connectivity index (χ3v) is 4.47. The Morgan fingerprint density at radius 2 is 1.58 bits per heavy atom. The van der Waals surface area contributed by atoms with Crippen molar-refractivity contribution in [3.8, 4) is 5.69 Å². The van der Waals surface area contributed by atoms with Gasteiger partial charge in [-0.2, -0.15) is 0 Å². The first-order valence-electron chi connectivity index (χ1n) is 8.80. The Bertz CT molecular complexity index is 906. The Hall–Kier alpha value is -3.01. The molecule has 1 heterocycles. The Morgan fingerprint density at radius 3 is 2.23 bits per heavy atom. The first-order valence-corrected chi connectivity index (χ1v) is 8.80. The average Bonchev–Trinajstić information content (AvgIpc) is 2.86. The molecule has 2 amide bonds. The van der Waals surface area contributed by atoms with E-state index in [-0.39, 0.29) is 6.03 Å². The van der Waals surface area contributed by atoms with E-state index in [0.29, 0.717) is 6.54 Å². The Kier molecular flexibility index (Phi) is 5.12. The highest BCUT2D eigenvalue weighted by molar-refractivity contribution is 5.89. The third-order valence-electron chi connectivity index (χ3n) is 4.47. The minimum absolute atomic E-state index is 0.195. The summed E-state index contributed by atoms with van der Waals surface area (Å²) in [6, 6.07) is 18.2. The summed E-state index contributed by atoms with van der Waals surface area (Å²) >= 11 is 0. The van der Waals surface area contributed by atoms with Crippen LogP contribution < -0.4 is 10.6 Å². The molecule has 0 radical (unpaired) electrons. The SMILES string of the molecule is Cc1cc(C)cc(NC(=O)NCc2cc(C)n(-c3ccccc3)c2C)c1. The molecule has 0 aliphatic carbocycles. The molecule has 0 unspecified atom stereocenters. The van der Waals surface area contributed by atoms with Gasteiger partial charge in [0, 0.05) is 29.3 Å². The van der Waals surface area contributed by atoms with Gasteiger partial charge in [0.2, 0.25) is 0 Å². The van der Waals surface area contributed by atoms with Gasteiger partial charge in [-0.05, 0) is 74.7 Å². The minimum atomic E-state index is -0.195. The third kappa shape index (κ3) is 3.97. The normalized spacial score (nSPS) is 10.6. The number of carbonyl (C=O) groups excluding carboxylic acids is 1. The molecule has 26 heavy (non-hydrogen) atoms. The zero-order chi connectivity index (χ0) is 18.7. The van der Waals surface area contributed by atoms with Crippen LogP contribution in [0.25, 0.3) is 5.69 Å². The predicted molar refractivity (Wildman–Crippen MR) is 107 cm³/mol. The quantitative estimate of drug-likeness (QED) is 0.683. The number of carbonyl (C=O) groups is 1. The molecule has 4 nitrogen and oxygen atoms in total. The van der Waals surface area contributed by atoms with Crippen LogP contribution in [0.2, 0.25) is 0 Å². The number of amides is 2. The number of aromatic nitrogens is 1. The van der Waals surface area contributed by atoms with Crippen LogP contribution in [-0.4, -0.2) is 10.6 Å². The van der Waals surface area contributed by atoms with Gasteiger partial charge in [-0.1, -0.05) is 24.3 Å². The van der Waals surface area contributed by atoms with Crippen LogP contribution >= 0.6 is 0 Å². The molecular formula is C22H25N3O. The van der Waals surface area contributed by atoms with E-state index in [2.05, 4.69) is 53.3 Å². The highest BCUT2D eigenvalue weighted by Crippen LogP contribution is 2.20. The lowest BCUT2D eigenvalue weighted by molar-refractivity contribution is 0.251. The maximum absolute atomic E-state index is 12.3. The summed E-state index contributed by atoms with van der Waals surface area (Å²) in [4.78, 5) is 12.3. The summed E-state index contributed by atoms with van der Waals surface area (Å²) in [6.45, 7) is 8.70. The molecule has 1 aromatic heterocycles. The number of aryl methyl sites for hydroxylation is 3. The van der Waals surface area contributed by atoms with Crippen molar-refractivity contribution in [3.05, 3.63) is 82.7 Å². The molecule has 0 aliphatic heterocycles. The molecule has 3 aromatic rings. The Morgan fingerprint density at radius 1 is 0.923 bits per heavy atom. The second-order valence-corrected chi connectivity index (χ2v) is 6.75. The summed E-state index contributed by atoms with van der Waals surface area (Å²) in [5.41, 5.74) is 7.61. The van der Waals surface area contributed by atoms with Crippen LogP contribution in [-0.2, 0) is 6.54 Å². The standard InChI is InChI=1S/C22H25N3O/c1-15-10-16(2)12-20(11-15)24-22(26)23-14-19-13-17(3)25(18(19)4)21-8-6-5-7-9-21/h5-13H,14H2,1-4H3,(H2,23,24,26). The van der Waals surface area contributed by atoms with Gasteiger partial charge >= 0.3 is 6.03 Å². The zero-order valence-corrected chi connectivity index (χ0v) is 15.8. The number of anilines is 1. The summed E-state index contributed by atoms with van der Waals surface area (Å²) in [7, 11) is 0. The molecule has 0 aliphatic rings. The number of nitrogens with zero attached hydrogens (tertiary/aromatic N) is 1. The lowest BCUT2D eigenvalue weighted by Gasteiger charge is -2.11. The molecule has 2 N–H and O–H groups in total. The summed E-state index contributed by atoms with van der Waals surface area (Å²) in [6.07, 6.45) is 0. The van der Waals surface area contributed by atoms with E-state index < -0.39 is 0 Å². The number of rotatable bonds is 4. The number of nitrogens with one attached hydrogen (secondary N) is 2. The van der Waals surface area contributed by atoms with E-state index in [9.17, 15) is 4.79 Å². The summed E-state index contributed by atoms with van der Waals surface area (Å²) in [5.74, 6) is 0. The molecule has 0 atom stereocenters. The van der Waals surface area contributed by atoms with E-state index in [4.69, 9.17) is 0 Å². The van der Waals surface area contributed by atoms with Crippen LogP contribution in [0.1, 0.15) is 28.1 Å². The fourth-order valence-corrected chi connectivity index (χ4v) is 3.38. The Balaban J connectivity index is 1.69. The van der Waals surface area contributed by atoms with Gasteiger partial charge in [-0.3, -0.25) is 0 Å². The van der Waals surface area contributed by atoms with Gasteiger partial charge in [0.25, 0.3) is 0 Å². The second kappa shape index (κ2) is 7.48. The minimum Gasteiger partial charge on any atom is -0.334 e. The molecule has 0 fully saturated rings. The summed E-state index contributed by atoms with van der Waals surface area (Å²) < 4.78 is 2.21. The molecular weight excluding hydrogens is 322 g/mol. The van der Waals surface area contributed by atoms with Gasteiger partial charge in [0.1, 0.15) is 0 Å². The van der Waals surface area contributed by atoms with Crippen molar-refractivity contribution < 1.29 is 4.79 Å². The van der Waals surface area contributed by atoms with Crippen molar-refractivity contribution in [3.63, 3.8) is 0 Å². The van der Waals surface area contributed by atoms with E-state index >= 15 is 0 Å². The molecule has 0 bridgehead atoms. The molecule has 4 heteroatoms. The van der Waals surface area contributed by atoms with Gasteiger partial charge in [0.15, 0.2) is 0 Å². The summed E-state index contributed by atoms with van der Waals surface area (Å²) in [5, 5.41) is 5.87. The number of benzene rings is 2. The van der Waals surface area contributed by atoms with Crippen LogP contribution in [0.15, 0.2) is 54.6 Å². The van der Waals surface area contributed by atoms with Gasteiger partial charge in [-0.25, -0.2) is 4.79 Å². The highest BCUT2D eigenvalue weighted by Gasteiger charge is 2.11. The van der Waals surface area contributed by atoms with E-state index in [1.165, 1.54) is 0 Å². The van der Waals surface area contributed by atoms with Crippen molar-refractivity contribution in [2.24, 2.45) is 0 Å². The fourth-order valence-electron chi connectivity index (χ4n) is 3.38. The van der Waals surface area contributed by atoms with E-state index in [1.807, 2.05) is 44.2 Å². The van der Waals surface area contributed by atoms with Crippen molar-refractivity contribution in [2.75, 3.05) is 5.32 Å². The smallest absolute Gasteiger partial charge is 0.319 e. The highest BCUT2D eigenvalue weighted by atomic mass is 16.2. The molecule has 0 saturated carbocycles. The maximum atomic E-state index is 12.3. The zero-order valence-electron chi connectivity index (χ0n) is 15.8. The molecule has 0 spiro atoms. The first kappa shape index (κ1) is 17.8. The topological polar surface area (TPSA) is 46.1 Å². The number of para-hydroxylation sites is 1. The molecule has 3 rings (SSSR count). The van der Waals surface area contributed by atoms with Crippen LogP contribution in [0, 0.1) is 27.7 Å². The van der Waals surface area contributed by atoms with Crippen LogP contribution in [0.5, 0.6) is 0 Å². The number of hydrogen-bond acceptors (Lipinski definition) is 1. The lowest BCUT2D eigenvalue weighted by atomic mass is 10.1. The molecule has 0 saturated heterocycles. The fraction of sp³-hybridized carbons (Fsp3) is 0.227. The van der Waals surface area contributed by atoms with Crippen molar-refractivity contribution in [1.29, 1.82) is 0 Å².